The van der Waals surface area contributed by atoms with Crippen LogP contribution in [0.15, 0.2) is 120 Å². The second-order valence-corrected chi connectivity index (χ2v) is 13.1. The summed E-state index contributed by atoms with van der Waals surface area (Å²) in [5, 5.41) is 5.88. The highest BCUT2D eigenvalue weighted by molar-refractivity contribution is 5.80. The third-order valence-electron chi connectivity index (χ3n) is 9.42. The number of methoxy groups -OCH3 is 2. The molecule has 0 radical (unpaired) electrons. The van der Waals surface area contributed by atoms with Crippen molar-refractivity contribution in [3.63, 3.8) is 0 Å². The molecule has 2 N–H and O–H groups in total. The van der Waals surface area contributed by atoms with E-state index in [0.717, 1.165) is 25.1 Å². The Morgan fingerprint density at radius 2 is 1.23 bits per heavy atom. The summed E-state index contributed by atoms with van der Waals surface area (Å²) in [6.07, 6.45) is -4.76. The minimum atomic E-state index is -4.76. The van der Waals surface area contributed by atoms with Crippen molar-refractivity contribution < 1.29 is 40.6 Å². The summed E-state index contributed by atoms with van der Waals surface area (Å²) in [6.45, 7) is 3.45. The Kier molecular flexibility index (Phi) is 9.56. The van der Waals surface area contributed by atoms with Crippen LogP contribution in [0.2, 0.25) is 0 Å². The third kappa shape index (κ3) is 6.60. The Hall–Kier alpha value is -5.72. The average Bonchev–Trinajstić information content (AvgIpc) is 3.14. The third-order valence-corrected chi connectivity index (χ3v) is 9.42. The average molecular weight is 735 g/mol. The number of hydrogen-bond donors (Lipinski definition) is 2. The molecular weight excluding hydrogens is 698 g/mol. The Bertz CT molecular complexity index is 2060. The number of ether oxygens (including phenoxy) is 3. The number of pyridine rings is 1. The SMILES string of the molecule is COc1ccc(C(NC2=N[C@](C)(c3cccc(Nc4cccc(C(F)(F)F)n4)c3F)C(F)(F)C(C)(C)O2)(c2ccccc2)c2ccc(OC)cc2)cc1. The highest BCUT2D eigenvalue weighted by atomic mass is 19.4. The number of nitrogens with zero attached hydrogens (tertiary/aromatic N) is 2. The molecule has 6 rings (SSSR count). The van der Waals surface area contributed by atoms with Crippen LogP contribution in [0.3, 0.4) is 0 Å². The minimum absolute atomic E-state index is 0.323. The maximum absolute atomic E-state index is 16.8. The molecule has 53 heavy (non-hydrogen) atoms. The van der Waals surface area contributed by atoms with Crippen LogP contribution in [0.25, 0.3) is 0 Å². The van der Waals surface area contributed by atoms with Crippen LogP contribution in [-0.4, -0.2) is 36.7 Å². The molecule has 5 aromatic rings. The van der Waals surface area contributed by atoms with Gasteiger partial charge in [0.05, 0.1) is 19.9 Å². The molecule has 0 aliphatic carbocycles. The summed E-state index contributed by atoms with van der Waals surface area (Å²) >= 11 is 0. The number of nitrogens with one attached hydrogen (secondary N) is 2. The molecule has 0 amide bonds. The van der Waals surface area contributed by atoms with Gasteiger partial charge < -0.3 is 24.8 Å². The van der Waals surface area contributed by atoms with Crippen molar-refractivity contribution in [1.29, 1.82) is 0 Å². The number of benzene rings is 4. The van der Waals surface area contributed by atoms with Gasteiger partial charge in [0.15, 0.2) is 17.0 Å². The molecule has 0 bridgehead atoms. The van der Waals surface area contributed by atoms with E-state index in [0.29, 0.717) is 28.2 Å². The molecule has 0 saturated carbocycles. The normalized spacial score (nSPS) is 18.0. The zero-order chi connectivity index (χ0) is 38.2. The molecule has 276 valence electrons. The number of anilines is 2. The topological polar surface area (TPSA) is 77.0 Å². The van der Waals surface area contributed by atoms with Crippen molar-refractivity contribution in [1.82, 2.24) is 10.3 Å². The maximum atomic E-state index is 16.8. The summed E-state index contributed by atoms with van der Waals surface area (Å²) in [5.74, 6) is -4.18. The van der Waals surface area contributed by atoms with E-state index in [2.05, 4.69) is 20.6 Å². The van der Waals surface area contributed by atoms with Crippen LogP contribution in [0.1, 0.15) is 48.7 Å². The lowest BCUT2D eigenvalue weighted by Gasteiger charge is -2.49. The van der Waals surface area contributed by atoms with E-state index in [1.165, 1.54) is 46.3 Å². The Morgan fingerprint density at radius 3 is 1.77 bits per heavy atom. The Labute approximate surface area is 302 Å². The lowest BCUT2D eigenvalue weighted by atomic mass is 9.76. The second-order valence-electron chi connectivity index (χ2n) is 13.1. The van der Waals surface area contributed by atoms with Gasteiger partial charge in [0.25, 0.3) is 6.02 Å². The predicted molar refractivity (Wildman–Crippen MR) is 189 cm³/mol. The lowest BCUT2D eigenvalue weighted by molar-refractivity contribution is -0.209. The number of aromatic nitrogens is 1. The smallest absolute Gasteiger partial charge is 0.433 e. The molecule has 13 heteroatoms. The van der Waals surface area contributed by atoms with E-state index in [-0.39, 0.29) is 17.5 Å². The molecule has 1 aliphatic heterocycles. The molecule has 7 nitrogen and oxygen atoms in total. The van der Waals surface area contributed by atoms with Crippen LogP contribution in [0.5, 0.6) is 11.5 Å². The standard InChI is InChI=1S/C40H36F6N4O3/c1-36(2)40(45,46)37(3,30-13-9-14-31(34(30)41)47-33-16-10-15-32(48-33)39(42,43)44)49-35(53-36)50-38(25-11-7-6-8-12-25,26-17-21-28(51-4)22-18-26)27-19-23-29(52-5)24-20-27/h6-24H,1-5H3,(H,47,48)(H,49,50)/t37-/m1/s1. The van der Waals surface area contributed by atoms with Crippen LogP contribution in [-0.2, 0) is 22.0 Å². The van der Waals surface area contributed by atoms with E-state index in [9.17, 15) is 13.2 Å². The van der Waals surface area contributed by atoms with Gasteiger partial charge in [-0.15, -0.1) is 0 Å². The number of amidine groups is 1. The first-order chi connectivity index (χ1) is 25.1. The van der Waals surface area contributed by atoms with Gasteiger partial charge in [0.2, 0.25) is 0 Å². The summed E-state index contributed by atoms with van der Waals surface area (Å²) in [7, 11) is 3.07. The predicted octanol–water partition coefficient (Wildman–Crippen LogP) is 9.60. The van der Waals surface area contributed by atoms with Gasteiger partial charge in [-0.1, -0.05) is 72.8 Å². The molecule has 1 atom stereocenters. The molecule has 2 heterocycles. The summed E-state index contributed by atoms with van der Waals surface area (Å²) in [5.41, 5.74) is -6.34. The molecule has 0 saturated heterocycles. The van der Waals surface area contributed by atoms with Gasteiger partial charge >= 0.3 is 12.1 Å². The highest BCUT2D eigenvalue weighted by Crippen LogP contribution is 2.53. The molecule has 0 unspecified atom stereocenters. The summed E-state index contributed by atoms with van der Waals surface area (Å²) < 4.78 is 107. The van der Waals surface area contributed by atoms with Crippen LogP contribution in [0.4, 0.5) is 37.8 Å². The lowest BCUT2D eigenvalue weighted by Crippen LogP contribution is -2.64. The molecule has 0 spiro atoms. The van der Waals surface area contributed by atoms with Crippen molar-refractivity contribution in [2.75, 3.05) is 19.5 Å². The molecule has 1 aromatic heterocycles. The van der Waals surface area contributed by atoms with Crippen LogP contribution >= 0.6 is 0 Å². The molecular formula is C40H36F6N4O3. The summed E-state index contributed by atoms with van der Waals surface area (Å²) in [6, 6.07) is 30.0. The quantitative estimate of drug-likeness (QED) is 0.116. The first-order valence-corrected chi connectivity index (χ1v) is 16.5. The van der Waals surface area contributed by atoms with Gasteiger partial charge in [-0.25, -0.2) is 14.4 Å². The fourth-order valence-electron chi connectivity index (χ4n) is 6.52. The fraction of sp³-hybridized carbons (Fsp3) is 0.250. The largest absolute Gasteiger partial charge is 0.497 e. The van der Waals surface area contributed by atoms with E-state index in [4.69, 9.17) is 14.2 Å². The number of halogens is 6. The van der Waals surface area contributed by atoms with Gasteiger partial charge in [-0.05, 0) is 79.9 Å². The minimum Gasteiger partial charge on any atom is -0.497 e. The molecule has 4 aromatic carbocycles. The first kappa shape index (κ1) is 37.1. The Morgan fingerprint density at radius 1 is 0.679 bits per heavy atom. The zero-order valence-corrected chi connectivity index (χ0v) is 29.4. The van der Waals surface area contributed by atoms with E-state index >= 15 is 13.2 Å². The molecule has 1 aliphatic rings. The first-order valence-electron chi connectivity index (χ1n) is 16.5. The maximum Gasteiger partial charge on any atom is 0.433 e. The number of rotatable bonds is 9. The number of aliphatic imine (C=N–C) groups is 1. The van der Waals surface area contributed by atoms with Crippen molar-refractivity contribution in [3.05, 3.63) is 149 Å². The van der Waals surface area contributed by atoms with Gasteiger partial charge in [0, 0.05) is 5.56 Å². The van der Waals surface area contributed by atoms with Crippen LogP contribution in [0, 0.1) is 5.82 Å². The van der Waals surface area contributed by atoms with Crippen LogP contribution < -0.4 is 20.1 Å². The van der Waals surface area contributed by atoms with Gasteiger partial charge in [-0.2, -0.15) is 22.0 Å². The Balaban J connectivity index is 1.54. The van der Waals surface area contributed by atoms with Gasteiger partial charge in [0.1, 0.15) is 28.5 Å². The highest BCUT2D eigenvalue weighted by Gasteiger charge is 2.67. The number of hydrogen-bond acceptors (Lipinski definition) is 7. The van der Waals surface area contributed by atoms with E-state index in [1.54, 1.807) is 24.3 Å². The number of alkyl halides is 5. The van der Waals surface area contributed by atoms with Gasteiger partial charge in [-0.3, -0.25) is 0 Å². The van der Waals surface area contributed by atoms with E-state index in [1.807, 2.05) is 54.6 Å². The second kappa shape index (κ2) is 13.7. The zero-order valence-electron chi connectivity index (χ0n) is 29.4. The monoisotopic (exact) mass is 734 g/mol. The van der Waals surface area contributed by atoms with Crippen molar-refractivity contribution in [2.24, 2.45) is 4.99 Å². The van der Waals surface area contributed by atoms with Crippen molar-refractivity contribution in [2.45, 2.75) is 49.5 Å². The summed E-state index contributed by atoms with van der Waals surface area (Å²) in [4.78, 5) is 8.00. The van der Waals surface area contributed by atoms with Crippen molar-refractivity contribution >= 4 is 17.5 Å². The molecule has 0 fully saturated rings. The van der Waals surface area contributed by atoms with E-state index < -0.39 is 45.9 Å². The van der Waals surface area contributed by atoms with Crippen molar-refractivity contribution in [3.8, 4) is 11.5 Å². The fourth-order valence-corrected chi connectivity index (χ4v) is 6.52.